The molecule has 2 aromatic rings. The van der Waals surface area contributed by atoms with Gasteiger partial charge in [-0.05, 0) is 42.4 Å². The quantitative estimate of drug-likeness (QED) is 0.537. The highest BCUT2D eigenvalue weighted by Gasteiger charge is 2.33. The average molecular weight is 388 g/mol. The van der Waals surface area contributed by atoms with E-state index in [0.717, 1.165) is 23.3 Å². The number of aromatic carboxylic acids is 1. The largest absolute Gasteiger partial charge is 0.478 e. The van der Waals surface area contributed by atoms with Gasteiger partial charge in [-0.15, -0.1) is 11.3 Å². The molecule has 8 heteroatoms. The number of nitrogens with two attached hydrogens (primary N) is 1. The van der Waals surface area contributed by atoms with Crippen LogP contribution in [0.15, 0.2) is 18.3 Å². The van der Waals surface area contributed by atoms with E-state index in [1.165, 1.54) is 16.3 Å². The second-order valence-corrected chi connectivity index (χ2v) is 8.83. The van der Waals surface area contributed by atoms with Gasteiger partial charge >= 0.3 is 5.97 Å². The van der Waals surface area contributed by atoms with Crippen LogP contribution in [0.2, 0.25) is 0 Å². The number of amides is 1. The lowest BCUT2D eigenvalue weighted by molar-refractivity contribution is 0.0696. The number of thiophene rings is 1. The number of anilines is 1. The number of aromatic nitrogens is 1. The summed E-state index contributed by atoms with van der Waals surface area (Å²) in [5.41, 5.74) is 2.06. The maximum atomic E-state index is 12.8. The molecule has 0 saturated heterocycles. The van der Waals surface area contributed by atoms with Gasteiger partial charge in [0.1, 0.15) is 5.00 Å². The number of carboxylic acids is 1. The third-order valence-electron chi connectivity index (χ3n) is 4.75. The molecule has 2 aromatic heterocycles. The van der Waals surface area contributed by atoms with E-state index in [2.05, 4.69) is 24.1 Å². The van der Waals surface area contributed by atoms with Gasteiger partial charge in [0.05, 0.1) is 23.4 Å². The van der Waals surface area contributed by atoms with Crippen molar-refractivity contribution in [2.75, 3.05) is 12.4 Å². The molecule has 1 amide bonds. The number of aryl methyl sites for hydroxylation is 1. The first-order chi connectivity index (χ1) is 12.7. The van der Waals surface area contributed by atoms with Crippen LogP contribution in [0.4, 0.5) is 5.00 Å². The summed E-state index contributed by atoms with van der Waals surface area (Å²) >= 11 is 1.37. The predicted molar refractivity (Wildman–Crippen MR) is 105 cm³/mol. The molecule has 3 rings (SSSR count). The Morgan fingerprint density at radius 2 is 2.19 bits per heavy atom. The van der Waals surface area contributed by atoms with Crippen LogP contribution in [0, 0.1) is 5.41 Å². The molecule has 0 aliphatic heterocycles. The summed E-state index contributed by atoms with van der Waals surface area (Å²) in [6.45, 7) is 4.59. The zero-order valence-corrected chi connectivity index (χ0v) is 16.5. The van der Waals surface area contributed by atoms with Gasteiger partial charge in [-0.1, -0.05) is 13.8 Å². The van der Waals surface area contributed by atoms with Crippen LogP contribution in [-0.2, 0) is 19.4 Å². The second-order valence-electron chi connectivity index (χ2n) is 7.72. The topological polar surface area (TPSA) is 109 Å². The number of carboxylic acid groups (broad SMARTS) is 1. The first-order valence-corrected chi connectivity index (χ1v) is 9.58. The third kappa shape index (κ3) is 4.18. The first kappa shape index (κ1) is 19.5. The van der Waals surface area contributed by atoms with Crippen molar-refractivity contribution in [1.82, 2.24) is 9.99 Å². The molecule has 0 fully saturated rings. The van der Waals surface area contributed by atoms with E-state index in [0.29, 0.717) is 29.2 Å². The maximum Gasteiger partial charge on any atom is 0.339 e. The molecule has 0 aromatic carbocycles. The van der Waals surface area contributed by atoms with E-state index in [-0.39, 0.29) is 16.9 Å². The third-order valence-corrected chi connectivity index (χ3v) is 5.96. The molecule has 1 aliphatic rings. The van der Waals surface area contributed by atoms with Gasteiger partial charge in [-0.3, -0.25) is 15.6 Å². The van der Waals surface area contributed by atoms with Crippen LogP contribution in [0.5, 0.6) is 0 Å². The number of hydrogen-bond acceptors (Lipinski definition) is 6. The Morgan fingerprint density at radius 3 is 2.85 bits per heavy atom. The van der Waals surface area contributed by atoms with E-state index in [4.69, 9.17) is 5.84 Å². The Balaban J connectivity index is 1.94. The molecule has 0 saturated carbocycles. The Morgan fingerprint density at radius 1 is 1.44 bits per heavy atom. The molecule has 0 atom stereocenters. The van der Waals surface area contributed by atoms with Gasteiger partial charge < -0.3 is 10.4 Å². The lowest BCUT2D eigenvalue weighted by atomic mass is 9.76. The number of hydrazine groups is 1. The van der Waals surface area contributed by atoms with Crippen molar-refractivity contribution >= 4 is 28.2 Å². The van der Waals surface area contributed by atoms with Gasteiger partial charge in [0.15, 0.2) is 0 Å². The highest BCUT2D eigenvalue weighted by molar-refractivity contribution is 7.17. The summed E-state index contributed by atoms with van der Waals surface area (Å²) in [7, 11) is 1.69. The molecule has 0 bridgehead atoms. The molecule has 0 unspecified atom stereocenters. The fraction of sp³-hybridized carbons (Fsp3) is 0.421. The Bertz CT molecular complexity index is 889. The summed E-state index contributed by atoms with van der Waals surface area (Å²) in [4.78, 5) is 30.0. The maximum absolute atomic E-state index is 12.8. The van der Waals surface area contributed by atoms with Crippen molar-refractivity contribution in [3.63, 3.8) is 0 Å². The van der Waals surface area contributed by atoms with Crippen LogP contribution in [0.1, 0.15) is 57.1 Å². The molecule has 4 N–H and O–H groups in total. The van der Waals surface area contributed by atoms with Crippen molar-refractivity contribution in [1.29, 1.82) is 0 Å². The SMILES string of the molecule is CN(N)Cc1ncccc1C(=O)Nc1sc2c(c1C(=O)O)CC(C)(C)CC2. The number of fused-ring (bicyclic) bond motifs is 1. The number of hydrogen-bond donors (Lipinski definition) is 3. The molecule has 2 heterocycles. The molecular weight excluding hydrogens is 364 g/mol. The summed E-state index contributed by atoms with van der Waals surface area (Å²) < 4.78 is 0. The average Bonchev–Trinajstić information content (AvgIpc) is 2.90. The van der Waals surface area contributed by atoms with Gasteiger partial charge in [0.2, 0.25) is 0 Å². The molecule has 27 heavy (non-hydrogen) atoms. The van der Waals surface area contributed by atoms with Crippen LogP contribution in [0.3, 0.4) is 0 Å². The van der Waals surface area contributed by atoms with Crippen LogP contribution >= 0.6 is 11.3 Å². The van der Waals surface area contributed by atoms with E-state index in [1.54, 1.807) is 25.4 Å². The van der Waals surface area contributed by atoms with E-state index < -0.39 is 5.97 Å². The lowest BCUT2D eigenvalue weighted by Gasteiger charge is -2.29. The highest BCUT2D eigenvalue weighted by Crippen LogP contribution is 2.43. The minimum atomic E-state index is -1.01. The number of rotatable bonds is 5. The fourth-order valence-corrected chi connectivity index (χ4v) is 4.62. The minimum Gasteiger partial charge on any atom is -0.478 e. The molecular formula is C19H24N4O3S. The highest BCUT2D eigenvalue weighted by atomic mass is 32.1. The van der Waals surface area contributed by atoms with Crippen LogP contribution in [0.25, 0.3) is 0 Å². The molecule has 7 nitrogen and oxygen atoms in total. The number of carbonyl (C=O) groups excluding carboxylic acids is 1. The van der Waals surface area contributed by atoms with Crippen LogP contribution in [-0.4, -0.2) is 34.0 Å². The molecule has 1 aliphatic carbocycles. The first-order valence-electron chi connectivity index (χ1n) is 8.77. The van der Waals surface area contributed by atoms with E-state index in [9.17, 15) is 14.7 Å². The number of nitrogens with zero attached hydrogens (tertiary/aromatic N) is 2. The Hall–Kier alpha value is -2.29. The van der Waals surface area contributed by atoms with Crippen molar-refractivity contribution in [2.45, 2.75) is 39.7 Å². The van der Waals surface area contributed by atoms with Crippen molar-refractivity contribution < 1.29 is 14.7 Å². The Labute approximate surface area is 162 Å². The van der Waals surface area contributed by atoms with Crippen molar-refractivity contribution in [3.8, 4) is 0 Å². The number of carbonyl (C=O) groups is 2. The minimum absolute atomic E-state index is 0.0573. The van der Waals surface area contributed by atoms with Gasteiger partial charge in [0.25, 0.3) is 5.91 Å². The normalized spacial score (nSPS) is 15.4. The summed E-state index contributed by atoms with van der Waals surface area (Å²) in [5.74, 6) is 4.31. The number of pyridine rings is 1. The standard InChI is InChI=1S/C19H24N4O3S/c1-19(2)7-6-14-12(9-19)15(18(25)26)17(27-14)22-16(24)11-5-4-8-21-13(11)10-23(3)20/h4-5,8H,6-7,9-10,20H2,1-3H3,(H,22,24)(H,25,26). The van der Waals surface area contributed by atoms with E-state index >= 15 is 0 Å². The zero-order chi connectivity index (χ0) is 19.8. The van der Waals surface area contributed by atoms with Gasteiger partial charge in [-0.25, -0.2) is 9.80 Å². The molecule has 144 valence electrons. The Kier molecular flexibility index (Phi) is 5.32. The monoisotopic (exact) mass is 388 g/mol. The fourth-order valence-electron chi connectivity index (χ4n) is 3.41. The smallest absolute Gasteiger partial charge is 0.339 e. The van der Waals surface area contributed by atoms with Gasteiger partial charge in [-0.2, -0.15) is 0 Å². The number of nitrogens with one attached hydrogen (secondary N) is 1. The van der Waals surface area contributed by atoms with Crippen LogP contribution < -0.4 is 11.2 Å². The molecule has 0 radical (unpaired) electrons. The van der Waals surface area contributed by atoms with Crippen molar-refractivity contribution in [2.24, 2.45) is 11.3 Å². The summed E-state index contributed by atoms with van der Waals surface area (Å²) in [5, 5.41) is 14.4. The summed E-state index contributed by atoms with van der Waals surface area (Å²) in [6, 6.07) is 3.34. The van der Waals surface area contributed by atoms with Gasteiger partial charge in [0, 0.05) is 18.1 Å². The second kappa shape index (κ2) is 7.38. The lowest BCUT2D eigenvalue weighted by Crippen LogP contribution is -2.27. The van der Waals surface area contributed by atoms with Crippen molar-refractivity contribution in [3.05, 3.63) is 45.6 Å². The molecule has 0 spiro atoms. The predicted octanol–water partition coefficient (Wildman–Crippen LogP) is 2.91. The zero-order valence-electron chi connectivity index (χ0n) is 15.7. The van der Waals surface area contributed by atoms with E-state index in [1.807, 2.05) is 0 Å². The summed E-state index contributed by atoms with van der Waals surface area (Å²) in [6.07, 6.45) is 4.14.